The number of hydrogen-bond donors (Lipinski definition) is 1. The fraction of sp³-hybridized carbons (Fsp3) is 1.00. The highest BCUT2D eigenvalue weighted by molar-refractivity contribution is 4.94. The van der Waals surface area contributed by atoms with Gasteiger partial charge in [-0.05, 0) is 12.8 Å². The number of aliphatic hydroxyl groups is 1. The van der Waals surface area contributed by atoms with E-state index in [1.807, 2.05) is 0 Å². The molecular formula is C9H12F6O3. The molecule has 18 heavy (non-hydrogen) atoms. The average Bonchev–Trinajstić information content (AvgIpc) is 2.24. The van der Waals surface area contributed by atoms with Crippen LogP contribution in [0.4, 0.5) is 26.3 Å². The van der Waals surface area contributed by atoms with Gasteiger partial charge in [-0.2, -0.15) is 26.3 Å². The van der Waals surface area contributed by atoms with Gasteiger partial charge in [0, 0.05) is 6.61 Å². The van der Waals surface area contributed by atoms with Gasteiger partial charge in [0.15, 0.2) is 0 Å². The van der Waals surface area contributed by atoms with Gasteiger partial charge in [0.2, 0.25) is 0 Å². The molecule has 108 valence electrons. The molecule has 1 atom stereocenters. The molecule has 0 amide bonds. The largest absolute Gasteiger partial charge is 0.428 e. The molecule has 0 aliphatic carbocycles. The second kappa shape index (κ2) is 5.22. The van der Waals surface area contributed by atoms with Crippen molar-refractivity contribution in [2.24, 2.45) is 0 Å². The normalized spacial score (nSPS) is 23.2. The summed E-state index contributed by atoms with van der Waals surface area (Å²) in [6.45, 7) is -1.57. The number of alkyl halides is 6. The lowest BCUT2D eigenvalue weighted by atomic mass is 10.0. The second-order valence-corrected chi connectivity index (χ2v) is 4.01. The molecule has 0 spiro atoms. The van der Waals surface area contributed by atoms with Crippen LogP contribution in [0.1, 0.15) is 12.8 Å². The number of rotatable bonds is 3. The van der Waals surface area contributed by atoms with Gasteiger partial charge >= 0.3 is 12.4 Å². The predicted molar refractivity (Wildman–Crippen MR) is 46.9 cm³/mol. The Hall–Kier alpha value is -0.540. The van der Waals surface area contributed by atoms with Crippen LogP contribution in [0.15, 0.2) is 0 Å². The van der Waals surface area contributed by atoms with Crippen LogP contribution < -0.4 is 0 Å². The third-order valence-electron chi connectivity index (χ3n) is 2.58. The van der Waals surface area contributed by atoms with Gasteiger partial charge in [-0.15, -0.1) is 0 Å². The van der Waals surface area contributed by atoms with Crippen molar-refractivity contribution in [3.8, 4) is 0 Å². The van der Waals surface area contributed by atoms with Crippen molar-refractivity contribution >= 4 is 0 Å². The van der Waals surface area contributed by atoms with Gasteiger partial charge in [0.05, 0.1) is 19.3 Å². The molecule has 9 heteroatoms. The Morgan fingerprint density at radius 1 is 1.11 bits per heavy atom. The fourth-order valence-electron chi connectivity index (χ4n) is 1.41. The Bertz CT molecular complexity index is 254. The highest BCUT2D eigenvalue weighted by Crippen LogP contribution is 2.43. The molecule has 1 aliphatic rings. The van der Waals surface area contributed by atoms with E-state index in [0.29, 0.717) is 19.4 Å². The summed E-state index contributed by atoms with van der Waals surface area (Å²) in [6.07, 6.45) is -11.8. The second-order valence-electron chi connectivity index (χ2n) is 4.01. The summed E-state index contributed by atoms with van der Waals surface area (Å²) in [6, 6.07) is 0. The standard InChI is InChI=1S/C9H12F6O3/c10-8(11,12)7(16,9(13,14)15)5-18-6-2-1-3-17-4-6/h6,16H,1-5H2. The van der Waals surface area contributed by atoms with Crippen LogP contribution in [0.5, 0.6) is 0 Å². The van der Waals surface area contributed by atoms with E-state index in [0.717, 1.165) is 0 Å². The van der Waals surface area contributed by atoms with Crippen molar-refractivity contribution in [2.45, 2.75) is 36.9 Å². The van der Waals surface area contributed by atoms with Crippen molar-refractivity contribution in [3.05, 3.63) is 0 Å². The molecule has 1 aliphatic heterocycles. The van der Waals surface area contributed by atoms with Crippen molar-refractivity contribution in [1.82, 2.24) is 0 Å². The third kappa shape index (κ3) is 3.27. The van der Waals surface area contributed by atoms with Crippen molar-refractivity contribution < 1.29 is 40.9 Å². The first-order valence-electron chi connectivity index (χ1n) is 5.13. The minimum absolute atomic E-state index is 0.0776. The summed E-state index contributed by atoms with van der Waals surface area (Å²) >= 11 is 0. The molecule has 0 aromatic rings. The molecular weight excluding hydrogens is 270 g/mol. The molecule has 0 aromatic carbocycles. The van der Waals surface area contributed by atoms with Gasteiger partial charge in [-0.25, -0.2) is 0 Å². The van der Waals surface area contributed by atoms with Gasteiger partial charge < -0.3 is 14.6 Å². The van der Waals surface area contributed by atoms with Crippen molar-refractivity contribution in [1.29, 1.82) is 0 Å². The highest BCUT2D eigenvalue weighted by atomic mass is 19.4. The first-order valence-corrected chi connectivity index (χ1v) is 5.13. The topological polar surface area (TPSA) is 38.7 Å². The SMILES string of the molecule is OC(COC1CCCOC1)(C(F)(F)F)C(F)(F)F. The lowest BCUT2D eigenvalue weighted by Gasteiger charge is -2.33. The van der Waals surface area contributed by atoms with Gasteiger partial charge in [-0.1, -0.05) is 0 Å². The third-order valence-corrected chi connectivity index (χ3v) is 2.58. The van der Waals surface area contributed by atoms with Crippen LogP contribution in [0.3, 0.4) is 0 Å². The average molecular weight is 282 g/mol. The summed E-state index contributed by atoms with van der Waals surface area (Å²) in [5, 5.41) is 8.80. The number of ether oxygens (including phenoxy) is 2. The molecule has 0 aromatic heterocycles. The molecule has 1 N–H and O–H groups in total. The van der Waals surface area contributed by atoms with Crippen molar-refractivity contribution in [2.75, 3.05) is 19.8 Å². The first-order chi connectivity index (χ1) is 8.08. The molecule has 0 bridgehead atoms. The zero-order chi connectivity index (χ0) is 14.0. The monoisotopic (exact) mass is 282 g/mol. The van der Waals surface area contributed by atoms with Gasteiger partial charge in [0.25, 0.3) is 5.60 Å². The van der Waals surface area contributed by atoms with Crippen LogP contribution in [-0.2, 0) is 9.47 Å². The molecule has 3 nitrogen and oxygen atoms in total. The molecule has 1 unspecified atom stereocenters. The van der Waals surface area contributed by atoms with Crippen LogP contribution in [0.25, 0.3) is 0 Å². The molecule has 0 saturated carbocycles. The van der Waals surface area contributed by atoms with E-state index >= 15 is 0 Å². The summed E-state index contributed by atoms with van der Waals surface area (Å²) in [7, 11) is 0. The van der Waals surface area contributed by atoms with E-state index in [1.165, 1.54) is 0 Å². The van der Waals surface area contributed by atoms with E-state index in [9.17, 15) is 26.3 Å². The predicted octanol–water partition coefficient (Wildman–Crippen LogP) is 2.04. The van der Waals surface area contributed by atoms with Crippen LogP contribution in [0.2, 0.25) is 0 Å². The number of halogens is 6. The smallest absolute Gasteiger partial charge is 0.379 e. The Labute approximate surface area is 98.7 Å². The fourth-order valence-corrected chi connectivity index (χ4v) is 1.41. The maximum Gasteiger partial charge on any atom is 0.428 e. The Morgan fingerprint density at radius 3 is 2.06 bits per heavy atom. The summed E-state index contributed by atoms with van der Waals surface area (Å²) in [5.74, 6) is 0. The Balaban J connectivity index is 2.68. The summed E-state index contributed by atoms with van der Waals surface area (Å²) in [4.78, 5) is 0. The zero-order valence-electron chi connectivity index (χ0n) is 9.14. The van der Waals surface area contributed by atoms with Crippen molar-refractivity contribution in [3.63, 3.8) is 0 Å². The van der Waals surface area contributed by atoms with Crippen LogP contribution >= 0.6 is 0 Å². The maximum atomic E-state index is 12.3. The lowest BCUT2D eigenvalue weighted by Crippen LogP contribution is -2.60. The Morgan fingerprint density at radius 2 is 1.67 bits per heavy atom. The van der Waals surface area contributed by atoms with Crippen LogP contribution in [-0.4, -0.2) is 49.0 Å². The Kier molecular flexibility index (Phi) is 4.50. The molecule has 1 heterocycles. The van der Waals surface area contributed by atoms with E-state index in [-0.39, 0.29) is 6.61 Å². The lowest BCUT2D eigenvalue weighted by molar-refractivity contribution is -0.380. The highest BCUT2D eigenvalue weighted by Gasteiger charge is 2.70. The van der Waals surface area contributed by atoms with Gasteiger partial charge in [-0.3, -0.25) is 0 Å². The minimum Gasteiger partial charge on any atom is -0.379 e. The molecule has 0 radical (unpaired) electrons. The zero-order valence-corrected chi connectivity index (χ0v) is 9.14. The molecule has 1 saturated heterocycles. The maximum absolute atomic E-state index is 12.3. The first kappa shape index (κ1) is 15.5. The van der Waals surface area contributed by atoms with E-state index in [1.54, 1.807) is 0 Å². The van der Waals surface area contributed by atoms with E-state index in [4.69, 9.17) is 9.84 Å². The quantitative estimate of drug-likeness (QED) is 0.805. The molecule has 1 fully saturated rings. The number of hydrogen-bond acceptors (Lipinski definition) is 3. The van der Waals surface area contributed by atoms with Gasteiger partial charge in [0.1, 0.15) is 0 Å². The van der Waals surface area contributed by atoms with E-state index in [2.05, 4.69) is 4.74 Å². The van der Waals surface area contributed by atoms with E-state index < -0.39 is 30.7 Å². The molecule has 1 rings (SSSR count). The summed E-state index contributed by atoms with van der Waals surface area (Å²) in [5.41, 5.74) is -4.85. The summed E-state index contributed by atoms with van der Waals surface area (Å²) < 4.78 is 83.0. The van der Waals surface area contributed by atoms with Crippen LogP contribution in [0, 0.1) is 0 Å². The minimum atomic E-state index is -5.85.